The quantitative estimate of drug-likeness (QED) is 0.889. The molecule has 0 saturated carbocycles. The summed E-state index contributed by atoms with van der Waals surface area (Å²) in [5.74, 6) is -0.0758. The van der Waals surface area contributed by atoms with Crippen molar-refractivity contribution >= 4 is 5.91 Å². The molecular formula is C14H14F3N3O2. The molecule has 0 fully saturated rings. The number of carbonyl (C=O) groups is 1. The molecule has 1 aromatic carbocycles. The van der Waals surface area contributed by atoms with Gasteiger partial charge in [-0.25, -0.2) is 4.98 Å². The summed E-state index contributed by atoms with van der Waals surface area (Å²) >= 11 is 0. The Labute approximate surface area is 124 Å². The molecule has 2 rings (SSSR count). The Kier molecular flexibility index (Phi) is 4.81. The third kappa shape index (κ3) is 4.08. The first-order valence-corrected chi connectivity index (χ1v) is 6.43. The lowest BCUT2D eigenvalue weighted by atomic mass is 10.1. The van der Waals surface area contributed by atoms with E-state index >= 15 is 0 Å². The molecule has 1 heterocycles. The summed E-state index contributed by atoms with van der Waals surface area (Å²) in [6, 6.07) is 4.59. The van der Waals surface area contributed by atoms with Crippen LogP contribution in [0.2, 0.25) is 0 Å². The van der Waals surface area contributed by atoms with Gasteiger partial charge in [0.25, 0.3) is 5.91 Å². The monoisotopic (exact) mass is 313 g/mol. The molecule has 0 atom stereocenters. The summed E-state index contributed by atoms with van der Waals surface area (Å²) < 4.78 is 42.4. The second kappa shape index (κ2) is 6.61. The van der Waals surface area contributed by atoms with Crippen LogP contribution in [0, 0.1) is 0 Å². The number of amides is 1. The average molecular weight is 313 g/mol. The second-order valence-corrected chi connectivity index (χ2v) is 4.53. The zero-order valence-corrected chi connectivity index (χ0v) is 11.7. The van der Waals surface area contributed by atoms with E-state index in [1.165, 1.54) is 18.4 Å². The Morgan fingerprint density at radius 1 is 1.23 bits per heavy atom. The van der Waals surface area contributed by atoms with E-state index in [2.05, 4.69) is 15.6 Å². The first-order chi connectivity index (χ1) is 10.4. The van der Waals surface area contributed by atoms with Crippen LogP contribution >= 0.6 is 0 Å². The van der Waals surface area contributed by atoms with Crippen LogP contribution in [0.4, 0.5) is 13.2 Å². The smallest absolute Gasteiger partial charge is 0.416 e. The fourth-order valence-corrected chi connectivity index (χ4v) is 1.73. The number of nitrogens with zero attached hydrogens (tertiary/aromatic N) is 1. The number of alkyl halides is 3. The molecule has 5 nitrogen and oxygen atoms in total. The maximum Gasteiger partial charge on any atom is 0.416 e. The van der Waals surface area contributed by atoms with E-state index in [9.17, 15) is 18.0 Å². The Balaban J connectivity index is 1.93. The summed E-state index contributed by atoms with van der Waals surface area (Å²) in [6.45, 7) is 0.497. The van der Waals surface area contributed by atoms with Gasteiger partial charge >= 0.3 is 6.18 Å². The maximum atomic E-state index is 12.4. The number of nitrogens with one attached hydrogen (secondary N) is 2. The van der Waals surface area contributed by atoms with Crippen LogP contribution in [-0.2, 0) is 19.3 Å². The number of hydrogen-bond donors (Lipinski definition) is 2. The zero-order chi connectivity index (χ0) is 16.2. The zero-order valence-electron chi connectivity index (χ0n) is 11.7. The van der Waals surface area contributed by atoms with Crippen LogP contribution in [0.5, 0.6) is 0 Å². The van der Waals surface area contributed by atoms with Gasteiger partial charge in [-0.05, 0) is 24.7 Å². The number of oxazole rings is 1. The highest BCUT2D eigenvalue weighted by Crippen LogP contribution is 2.29. The highest BCUT2D eigenvalue weighted by atomic mass is 19.4. The van der Waals surface area contributed by atoms with Gasteiger partial charge in [-0.3, -0.25) is 4.79 Å². The summed E-state index contributed by atoms with van der Waals surface area (Å²) in [4.78, 5) is 15.8. The Morgan fingerprint density at radius 2 is 1.91 bits per heavy atom. The summed E-state index contributed by atoms with van der Waals surface area (Å²) in [5, 5.41) is 5.40. The highest BCUT2D eigenvalue weighted by molar-refractivity contribution is 5.91. The Bertz CT molecular complexity index is 636. The molecule has 2 N–H and O–H groups in total. The van der Waals surface area contributed by atoms with Gasteiger partial charge in [0, 0.05) is 6.54 Å². The minimum atomic E-state index is -4.37. The van der Waals surface area contributed by atoms with Crippen molar-refractivity contribution in [1.82, 2.24) is 15.6 Å². The number of halogens is 3. The van der Waals surface area contributed by atoms with Gasteiger partial charge in [0.05, 0.1) is 12.1 Å². The molecule has 0 saturated heterocycles. The molecule has 0 aliphatic carbocycles. The number of aromatic nitrogens is 1. The Hall–Kier alpha value is -2.35. The highest BCUT2D eigenvalue weighted by Gasteiger charge is 2.29. The lowest BCUT2D eigenvalue weighted by molar-refractivity contribution is -0.137. The molecule has 0 aliphatic rings. The molecule has 22 heavy (non-hydrogen) atoms. The molecule has 0 spiro atoms. The van der Waals surface area contributed by atoms with Crippen molar-refractivity contribution < 1.29 is 22.4 Å². The first-order valence-electron chi connectivity index (χ1n) is 6.43. The minimum absolute atomic E-state index is 0.102. The van der Waals surface area contributed by atoms with E-state index in [1.54, 1.807) is 7.05 Å². The van der Waals surface area contributed by atoms with Gasteiger partial charge in [-0.1, -0.05) is 12.1 Å². The summed E-state index contributed by atoms with van der Waals surface area (Å²) in [7, 11) is 1.72. The van der Waals surface area contributed by atoms with E-state index in [4.69, 9.17) is 4.42 Å². The molecule has 1 aromatic heterocycles. The summed E-state index contributed by atoms with van der Waals surface area (Å²) in [5.41, 5.74) is -0.0479. The van der Waals surface area contributed by atoms with Crippen LogP contribution in [0.25, 0.3) is 0 Å². The molecule has 0 bridgehead atoms. The van der Waals surface area contributed by atoms with Crippen molar-refractivity contribution in [2.24, 2.45) is 0 Å². The van der Waals surface area contributed by atoms with Gasteiger partial charge < -0.3 is 15.1 Å². The third-order valence-corrected chi connectivity index (χ3v) is 2.85. The fourth-order valence-electron chi connectivity index (χ4n) is 1.73. The van der Waals surface area contributed by atoms with Gasteiger partial charge in [0.1, 0.15) is 6.26 Å². The topological polar surface area (TPSA) is 67.2 Å². The molecule has 0 unspecified atom stereocenters. The van der Waals surface area contributed by atoms with Crippen LogP contribution in [-0.4, -0.2) is 17.9 Å². The van der Waals surface area contributed by atoms with Crippen molar-refractivity contribution in [1.29, 1.82) is 0 Å². The van der Waals surface area contributed by atoms with Gasteiger partial charge in [0.2, 0.25) is 5.89 Å². The normalized spacial score (nSPS) is 11.5. The Morgan fingerprint density at radius 3 is 2.50 bits per heavy atom. The molecular weight excluding hydrogens is 299 g/mol. The van der Waals surface area contributed by atoms with E-state index < -0.39 is 17.6 Å². The van der Waals surface area contributed by atoms with Crippen LogP contribution in [0.15, 0.2) is 34.9 Å². The molecule has 118 valence electrons. The molecule has 0 radical (unpaired) electrons. The second-order valence-electron chi connectivity index (χ2n) is 4.53. The number of carbonyl (C=O) groups excluding carboxylic acids is 1. The molecule has 0 aliphatic heterocycles. The van der Waals surface area contributed by atoms with Crippen molar-refractivity contribution in [3.8, 4) is 0 Å². The minimum Gasteiger partial charge on any atom is -0.447 e. The maximum absolute atomic E-state index is 12.4. The van der Waals surface area contributed by atoms with Crippen molar-refractivity contribution in [3.63, 3.8) is 0 Å². The average Bonchev–Trinajstić information content (AvgIpc) is 2.93. The predicted molar refractivity (Wildman–Crippen MR) is 71.9 cm³/mol. The van der Waals surface area contributed by atoms with E-state index in [1.807, 2.05) is 0 Å². The first kappa shape index (κ1) is 16.0. The molecule has 8 heteroatoms. The van der Waals surface area contributed by atoms with Gasteiger partial charge in [-0.2, -0.15) is 13.2 Å². The third-order valence-electron chi connectivity index (χ3n) is 2.85. The molecule has 2 aromatic rings. The van der Waals surface area contributed by atoms with Crippen LogP contribution in [0.1, 0.15) is 27.5 Å². The van der Waals surface area contributed by atoms with Crippen molar-refractivity contribution in [3.05, 3.63) is 53.2 Å². The lowest BCUT2D eigenvalue weighted by Crippen LogP contribution is -2.23. The SMILES string of the molecule is CNCc1nc(C(=O)NCc2ccc(C(F)(F)F)cc2)co1. The van der Waals surface area contributed by atoms with Crippen molar-refractivity contribution in [2.75, 3.05) is 7.05 Å². The van der Waals surface area contributed by atoms with Gasteiger partial charge in [-0.15, -0.1) is 0 Å². The largest absolute Gasteiger partial charge is 0.447 e. The van der Waals surface area contributed by atoms with E-state index in [0.717, 1.165) is 12.1 Å². The van der Waals surface area contributed by atoms with Crippen molar-refractivity contribution in [2.45, 2.75) is 19.3 Å². The number of hydrogen-bond acceptors (Lipinski definition) is 4. The van der Waals surface area contributed by atoms with Crippen LogP contribution in [0.3, 0.4) is 0 Å². The summed E-state index contributed by atoms with van der Waals surface area (Å²) in [6.07, 6.45) is -3.14. The lowest BCUT2D eigenvalue weighted by Gasteiger charge is -2.08. The fraction of sp³-hybridized carbons (Fsp3) is 0.286. The number of rotatable bonds is 5. The predicted octanol–water partition coefficient (Wildman–Crippen LogP) is 2.34. The van der Waals surface area contributed by atoms with E-state index in [0.29, 0.717) is 18.0 Å². The molecule has 1 amide bonds. The van der Waals surface area contributed by atoms with Crippen LogP contribution < -0.4 is 10.6 Å². The number of benzene rings is 1. The van der Waals surface area contributed by atoms with E-state index in [-0.39, 0.29) is 12.2 Å². The standard InChI is InChI=1S/C14H14F3N3O2/c1-18-7-12-20-11(8-22-12)13(21)19-6-9-2-4-10(5-3-9)14(15,16)17/h2-5,8,18H,6-7H2,1H3,(H,19,21). The van der Waals surface area contributed by atoms with Gasteiger partial charge in [0.15, 0.2) is 5.69 Å².